The van der Waals surface area contributed by atoms with Gasteiger partial charge in [-0.3, -0.25) is 4.90 Å². The monoisotopic (exact) mass is 350 g/mol. The molecule has 0 saturated carbocycles. The largest absolute Gasteiger partial charge is 0.496 e. The van der Waals surface area contributed by atoms with Crippen LogP contribution in [0.1, 0.15) is 17.0 Å². The summed E-state index contributed by atoms with van der Waals surface area (Å²) in [6.45, 7) is 4.36. The minimum atomic E-state index is -0.777. The summed E-state index contributed by atoms with van der Waals surface area (Å²) in [5.74, 6) is 2.58. The van der Waals surface area contributed by atoms with Crippen LogP contribution in [0.2, 0.25) is 0 Å². The van der Waals surface area contributed by atoms with Crippen LogP contribution in [0.25, 0.3) is 11.5 Å². The lowest BCUT2D eigenvalue weighted by molar-refractivity contribution is 0.0644. The van der Waals surface area contributed by atoms with Gasteiger partial charge in [0.2, 0.25) is 5.89 Å². The molecular formula is C18H26N2O5. The average molecular weight is 350 g/mol. The zero-order valence-corrected chi connectivity index (χ0v) is 15.4. The predicted octanol–water partition coefficient (Wildman–Crippen LogP) is 1.76. The van der Waals surface area contributed by atoms with Gasteiger partial charge in [0.25, 0.3) is 0 Å². The van der Waals surface area contributed by atoms with E-state index in [1.165, 1.54) is 0 Å². The van der Waals surface area contributed by atoms with E-state index in [0.29, 0.717) is 30.5 Å². The topological polar surface area (TPSA) is 88.2 Å². The first-order valence-electron chi connectivity index (χ1n) is 8.07. The number of aromatic nitrogens is 1. The summed E-state index contributed by atoms with van der Waals surface area (Å²) in [7, 11) is 5.07. The van der Waals surface area contributed by atoms with Crippen molar-refractivity contribution >= 4 is 0 Å². The lowest BCUT2D eigenvalue weighted by atomic mass is 10.1. The van der Waals surface area contributed by atoms with Gasteiger partial charge >= 0.3 is 0 Å². The van der Waals surface area contributed by atoms with E-state index < -0.39 is 6.10 Å². The number of rotatable bonds is 8. The lowest BCUT2D eigenvalue weighted by Gasteiger charge is -2.18. The van der Waals surface area contributed by atoms with Crippen LogP contribution in [0.3, 0.4) is 0 Å². The molecule has 1 heterocycles. The van der Waals surface area contributed by atoms with Gasteiger partial charge in [-0.05, 0) is 33.0 Å². The Hall–Kier alpha value is -2.09. The highest BCUT2D eigenvalue weighted by Crippen LogP contribution is 2.37. The smallest absolute Gasteiger partial charge is 0.230 e. The molecule has 0 amide bonds. The molecule has 0 unspecified atom stereocenters. The van der Waals surface area contributed by atoms with Crippen LogP contribution in [0.15, 0.2) is 16.5 Å². The number of ether oxygens (including phenoxy) is 2. The van der Waals surface area contributed by atoms with E-state index in [9.17, 15) is 5.11 Å². The number of benzene rings is 1. The highest BCUT2D eigenvalue weighted by molar-refractivity contribution is 5.68. The standard InChI is InChI=1S/C18H26N2O5/c1-11-16(23-4)7-6-14(17(11)24-5)18-19-15(12(2)25-18)9-20(3)8-13(22)10-21/h6-7,13,21-22H,8-10H2,1-5H3/t13-/m0/s1. The number of methoxy groups -OCH3 is 2. The maximum Gasteiger partial charge on any atom is 0.230 e. The first-order valence-corrected chi connectivity index (χ1v) is 8.07. The molecule has 0 spiro atoms. The normalized spacial score (nSPS) is 12.5. The molecule has 1 aromatic heterocycles. The van der Waals surface area contributed by atoms with Crippen molar-refractivity contribution in [2.75, 3.05) is 34.4 Å². The fourth-order valence-corrected chi connectivity index (χ4v) is 2.75. The lowest BCUT2D eigenvalue weighted by Crippen LogP contribution is -2.31. The van der Waals surface area contributed by atoms with Crippen molar-refractivity contribution in [2.45, 2.75) is 26.5 Å². The van der Waals surface area contributed by atoms with Crippen LogP contribution >= 0.6 is 0 Å². The molecule has 138 valence electrons. The Bertz CT molecular complexity index is 714. The number of aliphatic hydroxyl groups excluding tert-OH is 2. The molecule has 2 rings (SSSR count). The Morgan fingerprint density at radius 2 is 1.96 bits per heavy atom. The van der Waals surface area contributed by atoms with E-state index in [2.05, 4.69) is 4.98 Å². The van der Waals surface area contributed by atoms with E-state index in [1.807, 2.05) is 37.9 Å². The molecule has 2 aromatic rings. The Morgan fingerprint density at radius 3 is 2.56 bits per heavy atom. The zero-order valence-electron chi connectivity index (χ0n) is 15.4. The second-order valence-electron chi connectivity index (χ2n) is 6.03. The Labute approximate surface area is 147 Å². The summed E-state index contributed by atoms with van der Waals surface area (Å²) in [6.07, 6.45) is -0.777. The average Bonchev–Trinajstić information content (AvgIpc) is 2.94. The van der Waals surface area contributed by atoms with E-state index in [-0.39, 0.29) is 6.61 Å². The highest BCUT2D eigenvalue weighted by Gasteiger charge is 2.20. The third kappa shape index (κ3) is 4.31. The Balaban J connectivity index is 2.29. The van der Waals surface area contributed by atoms with Gasteiger partial charge in [-0.15, -0.1) is 0 Å². The third-order valence-electron chi connectivity index (χ3n) is 4.06. The first kappa shape index (κ1) is 19.2. The van der Waals surface area contributed by atoms with Gasteiger partial charge in [0.05, 0.1) is 38.2 Å². The van der Waals surface area contributed by atoms with Crippen molar-refractivity contribution in [1.29, 1.82) is 0 Å². The maximum atomic E-state index is 9.54. The van der Waals surface area contributed by atoms with Gasteiger partial charge in [0.15, 0.2) is 0 Å². The van der Waals surface area contributed by atoms with Gasteiger partial charge in [-0.2, -0.15) is 0 Å². The van der Waals surface area contributed by atoms with E-state index in [1.54, 1.807) is 14.2 Å². The van der Waals surface area contributed by atoms with Crippen molar-refractivity contribution in [3.05, 3.63) is 29.2 Å². The molecule has 25 heavy (non-hydrogen) atoms. The van der Waals surface area contributed by atoms with Gasteiger partial charge < -0.3 is 24.1 Å². The number of aliphatic hydroxyl groups is 2. The molecular weight excluding hydrogens is 324 g/mol. The van der Waals surface area contributed by atoms with E-state index in [0.717, 1.165) is 22.6 Å². The van der Waals surface area contributed by atoms with Gasteiger partial charge in [0.1, 0.15) is 17.3 Å². The van der Waals surface area contributed by atoms with Crippen molar-refractivity contribution in [1.82, 2.24) is 9.88 Å². The van der Waals surface area contributed by atoms with Crippen molar-refractivity contribution in [3.8, 4) is 23.0 Å². The first-order chi connectivity index (χ1) is 11.9. The molecule has 0 aliphatic rings. The van der Waals surface area contributed by atoms with Gasteiger partial charge in [-0.25, -0.2) is 4.98 Å². The third-order valence-corrected chi connectivity index (χ3v) is 4.06. The molecule has 1 aromatic carbocycles. The summed E-state index contributed by atoms with van der Waals surface area (Å²) >= 11 is 0. The second-order valence-corrected chi connectivity index (χ2v) is 6.03. The van der Waals surface area contributed by atoms with Crippen molar-refractivity contribution in [2.24, 2.45) is 0 Å². The van der Waals surface area contributed by atoms with Crippen LogP contribution in [0, 0.1) is 13.8 Å². The molecule has 1 atom stereocenters. The van der Waals surface area contributed by atoms with E-state index >= 15 is 0 Å². The summed E-state index contributed by atoms with van der Waals surface area (Å²) in [4.78, 5) is 6.47. The molecule has 0 aliphatic heterocycles. The van der Waals surface area contributed by atoms with Crippen LogP contribution in [0.5, 0.6) is 11.5 Å². The molecule has 0 saturated heterocycles. The summed E-state index contributed by atoms with van der Waals surface area (Å²) in [6, 6.07) is 3.72. The number of oxazole rings is 1. The summed E-state index contributed by atoms with van der Waals surface area (Å²) in [5, 5.41) is 18.5. The molecule has 7 heteroatoms. The molecule has 2 N–H and O–H groups in total. The van der Waals surface area contributed by atoms with Crippen LogP contribution in [0.4, 0.5) is 0 Å². The quantitative estimate of drug-likeness (QED) is 0.750. The molecule has 0 fully saturated rings. The minimum absolute atomic E-state index is 0.268. The van der Waals surface area contributed by atoms with E-state index in [4.69, 9.17) is 19.0 Å². The van der Waals surface area contributed by atoms with Crippen LogP contribution < -0.4 is 9.47 Å². The maximum absolute atomic E-state index is 9.54. The Morgan fingerprint density at radius 1 is 1.24 bits per heavy atom. The fraction of sp³-hybridized carbons (Fsp3) is 0.500. The highest BCUT2D eigenvalue weighted by atomic mass is 16.5. The second kappa shape index (κ2) is 8.33. The summed E-state index contributed by atoms with van der Waals surface area (Å²) < 4.78 is 16.7. The molecule has 0 aliphatic carbocycles. The number of nitrogens with zero attached hydrogens (tertiary/aromatic N) is 2. The Kier molecular flexibility index (Phi) is 6.41. The zero-order chi connectivity index (χ0) is 18.6. The van der Waals surface area contributed by atoms with Crippen LogP contribution in [-0.4, -0.2) is 60.6 Å². The predicted molar refractivity (Wildman–Crippen MR) is 93.9 cm³/mol. The fourth-order valence-electron chi connectivity index (χ4n) is 2.75. The number of likely N-dealkylation sites (N-methyl/N-ethyl adjacent to an activating group) is 1. The van der Waals surface area contributed by atoms with Gasteiger partial charge in [0, 0.05) is 18.7 Å². The minimum Gasteiger partial charge on any atom is -0.496 e. The number of aryl methyl sites for hydroxylation is 1. The summed E-state index contributed by atoms with van der Waals surface area (Å²) in [5.41, 5.74) is 2.41. The number of hydrogen-bond donors (Lipinski definition) is 2. The van der Waals surface area contributed by atoms with Crippen LogP contribution in [-0.2, 0) is 6.54 Å². The SMILES string of the molecule is COc1ccc(-c2nc(CN(C)C[C@H](O)CO)c(C)o2)c(OC)c1C. The van der Waals surface area contributed by atoms with Crippen molar-refractivity contribution in [3.63, 3.8) is 0 Å². The molecule has 0 bridgehead atoms. The van der Waals surface area contributed by atoms with Gasteiger partial charge in [-0.1, -0.05) is 0 Å². The van der Waals surface area contributed by atoms with Crippen molar-refractivity contribution < 1.29 is 24.1 Å². The molecule has 7 nitrogen and oxygen atoms in total. The molecule has 0 radical (unpaired) electrons. The number of hydrogen-bond acceptors (Lipinski definition) is 7.